The number of unbranched alkanes of at least 4 members (excludes halogenated alkanes) is 1. The molecule has 2 aromatic heterocycles. The number of anilines is 1. The molecule has 0 unspecified atom stereocenters. The smallest absolute Gasteiger partial charge is 0.340 e. The van der Waals surface area contributed by atoms with E-state index >= 15 is 0 Å². The number of carboxylic acid groups (broad SMARTS) is 2. The van der Waals surface area contributed by atoms with Gasteiger partial charge in [0.05, 0.1) is 45.4 Å². The lowest BCUT2D eigenvalue weighted by molar-refractivity contribution is -0.144. The Balaban J connectivity index is 0.692. The number of hydrogen-bond acceptors (Lipinski definition) is 16. The van der Waals surface area contributed by atoms with Gasteiger partial charge in [-0.25, -0.2) is 24.4 Å². The van der Waals surface area contributed by atoms with Crippen LogP contribution in [0.15, 0.2) is 128 Å². The number of carboxylic acids is 2. The maximum absolute atomic E-state index is 13.9. The van der Waals surface area contributed by atoms with E-state index in [4.69, 9.17) is 21.7 Å². The van der Waals surface area contributed by atoms with E-state index in [9.17, 15) is 54.0 Å². The Labute approximate surface area is 507 Å². The summed E-state index contributed by atoms with van der Waals surface area (Å²) in [6.07, 6.45) is 2.63. The summed E-state index contributed by atoms with van der Waals surface area (Å²) in [5, 5.41) is 56.6. The number of aromatic hydroxyl groups is 2. The highest BCUT2D eigenvalue weighted by atomic mass is 32.1. The minimum atomic E-state index is -1.75. The average Bonchev–Trinajstić information content (AvgIpc) is 1.57. The third kappa shape index (κ3) is 13.7. The van der Waals surface area contributed by atoms with Crippen molar-refractivity contribution in [1.82, 2.24) is 46.5 Å². The predicted octanol–water partition coefficient (Wildman–Crippen LogP) is 6.10. The van der Waals surface area contributed by atoms with Crippen LogP contribution < -0.4 is 36.6 Å². The summed E-state index contributed by atoms with van der Waals surface area (Å²) in [4.78, 5) is 110. The summed E-state index contributed by atoms with van der Waals surface area (Å²) in [6.45, 7) is 3.61. The lowest BCUT2D eigenvalue weighted by atomic mass is 9.77. The molecule has 1 spiro atoms. The van der Waals surface area contributed by atoms with E-state index in [2.05, 4.69) is 63.7 Å². The monoisotopic (exact) mass is 1200 g/mol. The van der Waals surface area contributed by atoms with E-state index in [0.717, 1.165) is 16.8 Å². The highest BCUT2D eigenvalue weighted by molar-refractivity contribution is 7.80. The number of hydrogen-bond donors (Lipinski definition) is 10. The molecule has 4 heterocycles. The van der Waals surface area contributed by atoms with E-state index < -0.39 is 78.1 Å². The average molecular weight is 1210 g/mol. The van der Waals surface area contributed by atoms with Crippen molar-refractivity contribution in [3.63, 3.8) is 0 Å². The number of nitrogens with one attached hydrogen (secondary N) is 6. The van der Waals surface area contributed by atoms with Gasteiger partial charge in [0.2, 0.25) is 17.7 Å². The van der Waals surface area contributed by atoms with Gasteiger partial charge in [0.25, 0.3) is 5.91 Å². The van der Waals surface area contributed by atoms with E-state index in [1.807, 2.05) is 25.1 Å². The molecule has 6 aromatic carbocycles. The molecule has 10 N–H and O–H groups in total. The maximum atomic E-state index is 13.9. The molecule has 0 bridgehead atoms. The second-order valence-electron chi connectivity index (χ2n) is 20.9. The molecule has 23 nitrogen and oxygen atoms in total. The first-order valence-electron chi connectivity index (χ1n) is 27.8. The van der Waals surface area contributed by atoms with E-state index in [0.29, 0.717) is 62.2 Å². The van der Waals surface area contributed by atoms with Crippen molar-refractivity contribution in [2.45, 2.75) is 76.1 Å². The number of ether oxygens (including phenoxy) is 2. The zero-order chi connectivity index (χ0) is 62.2. The molecule has 2 aliphatic heterocycles. The number of rotatable bonds is 20. The Kier molecular flexibility index (Phi) is 17.8. The van der Waals surface area contributed by atoms with Gasteiger partial charge >= 0.3 is 17.9 Å². The number of benzene rings is 6. The maximum Gasteiger partial charge on any atom is 0.340 e. The Morgan fingerprint density at radius 1 is 0.625 bits per heavy atom. The van der Waals surface area contributed by atoms with Gasteiger partial charge in [-0.1, -0.05) is 30.0 Å². The minimum absolute atomic E-state index is 0.0243. The summed E-state index contributed by atoms with van der Waals surface area (Å²) in [5.74, 6) is -0.0266. The molecule has 0 fully saturated rings. The number of nitrogens with zero attached hydrogens (tertiary/aromatic N) is 4. The van der Waals surface area contributed by atoms with Crippen LogP contribution in [0.3, 0.4) is 0 Å². The number of esters is 1. The third-order valence-electron chi connectivity index (χ3n) is 14.7. The fourth-order valence-electron chi connectivity index (χ4n) is 10.2. The highest BCUT2D eigenvalue weighted by Crippen LogP contribution is 2.57. The lowest BCUT2D eigenvalue weighted by Crippen LogP contribution is -2.49. The van der Waals surface area contributed by atoms with Crippen LogP contribution in [0.25, 0.3) is 22.1 Å². The van der Waals surface area contributed by atoms with Gasteiger partial charge in [-0.15, -0.1) is 0 Å². The summed E-state index contributed by atoms with van der Waals surface area (Å²) >= 11 is 5.50. The van der Waals surface area contributed by atoms with Gasteiger partial charge in [0.15, 0.2) is 10.7 Å². The Hall–Kier alpha value is -11.1. The summed E-state index contributed by atoms with van der Waals surface area (Å²) in [5.41, 5.74) is 6.91. The molecule has 10 rings (SSSR count). The number of phenols is 2. The topological polar surface area (TPSA) is 343 Å². The molecule has 2 aliphatic rings. The number of phenolic OH excluding ortho intramolecular Hbond substituents is 2. The van der Waals surface area contributed by atoms with Crippen molar-refractivity contribution in [3.05, 3.63) is 184 Å². The van der Waals surface area contributed by atoms with Crippen molar-refractivity contribution < 1.29 is 63.5 Å². The molecule has 0 radical (unpaired) electrons. The summed E-state index contributed by atoms with van der Waals surface area (Å²) in [7, 11) is 0. The normalized spacial score (nSPS) is 13.4. The zero-order valence-electron chi connectivity index (χ0n) is 47.2. The Morgan fingerprint density at radius 2 is 1.26 bits per heavy atom. The predicted molar refractivity (Wildman–Crippen MR) is 323 cm³/mol. The van der Waals surface area contributed by atoms with Crippen LogP contribution in [-0.2, 0) is 40.7 Å². The number of aliphatic carboxylic acids is 2. The van der Waals surface area contributed by atoms with Gasteiger partial charge < -0.3 is 61.8 Å². The quantitative estimate of drug-likeness (QED) is 0.0178. The van der Waals surface area contributed by atoms with Crippen LogP contribution in [-0.4, -0.2) is 118 Å². The van der Waals surface area contributed by atoms with E-state index in [1.165, 1.54) is 24.3 Å². The van der Waals surface area contributed by atoms with Crippen molar-refractivity contribution in [3.8, 4) is 34.8 Å². The molecule has 8 aromatic rings. The van der Waals surface area contributed by atoms with Gasteiger partial charge in [-0.3, -0.25) is 29.1 Å². The largest absolute Gasteiger partial charge is 0.508 e. The van der Waals surface area contributed by atoms with Crippen LogP contribution in [0.1, 0.15) is 97.6 Å². The van der Waals surface area contributed by atoms with Crippen LogP contribution in [0, 0.1) is 25.7 Å². The SMILES string of the molecule is Cc1nc2ccc(C(=O)N[C@H](Cc3ccc(C#Cc4ccc5nccnc5c4)cc3)C(=O)NCCC(=O)N[C@H](CC(=O)N[C@H](CCCCNC(=S)Nc3ccc4c(c3)C(=O)OC43c4ccc(O)cc4Oc4cc(O)ccc43)C(=O)O)C(=O)O)cc2nc1C. The summed E-state index contributed by atoms with van der Waals surface area (Å²) < 4.78 is 12.1. The second kappa shape index (κ2) is 26.1. The van der Waals surface area contributed by atoms with Gasteiger partial charge in [-0.05, 0) is 136 Å². The Bertz CT molecular complexity index is 4160. The number of carbonyl (C=O) groups is 7. The molecule has 446 valence electrons. The molecule has 88 heavy (non-hydrogen) atoms. The van der Waals surface area contributed by atoms with Crippen molar-refractivity contribution in [1.29, 1.82) is 0 Å². The van der Waals surface area contributed by atoms with Crippen molar-refractivity contribution in [2.24, 2.45) is 0 Å². The number of aromatic nitrogens is 4. The van der Waals surface area contributed by atoms with Gasteiger partial charge in [0.1, 0.15) is 41.1 Å². The van der Waals surface area contributed by atoms with Gasteiger partial charge in [0, 0.05) is 89.5 Å². The minimum Gasteiger partial charge on any atom is -0.508 e. The molecular weight excluding hydrogens is 1150 g/mol. The third-order valence-corrected chi connectivity index (χ3v) is 15.0. The van der Waals surface area contributed by atoms with Crippen LogP contribution in [0.5, 0.6) is 23.0 Å². The Morgan fingerprint density at radius 3 is 1.97 bits per heavy atom. The first kappa shape index (κ1) is 60.1. The number of carbonyl (C=O) groups excluding carboxylic acids is 5. The van der Waals surface area contributed by atoms with Gasteiger partial charge in [-0.2, -0.15) is 0 Å². The van der Waals surface area contributed by atoms with Crippen molar-refractivity contribution >= 4 is 86.6 Å². The highest BCUT2D eigenvalue weighted by Gasteiger charge is 2.54. The van der Waals surface area contributed by atoms with Crippen LogP contribution in [0.4, 0.5) is 5.69 Å². The molecule has 3 atom stereocenters. The molecule has 0 aliphatic carbocycles. The number of thiocarbonyl (C=S) groups is 1. The standard InChI is InChI=1S/C64H56N10O13S/c1-34-35(2)70-51-29-39(13-21-48(51)69-34)58(79)74-52(28-37-9-6-36(7-10-37)8-11-38-12-20-47-50(27-38)66-26-25-65-47)59(80)67-24-22-56(77)73-53(61(83)84)33-57(78)72-49(60(81)82)5-3-4-23-68-63(88)71-40-14-17-44-43(30-40)62(85)87-64(44)45-18-15-41(75)31-54(45)86-55-32-42(76)16-19-46(55)64/h6-7,9-10,12-21,25-27,29-32,49,52-53,75-76H,3-5,22-24,28,33H2,1-2H3,(H,67,80)(H,72,78)(H,73,77)(H,74,79)(H,81,82)(H,83,84)(H2,68,71,88)/t49-,52-,53-/m1/s1. The molecular formula is C64H56N10O13S. The molecule has 0 saturated heterocycles. The fraction of sp³-hybridized carbons (Fsp3) is 0.219. The lowest BCUT2D eigenvalue weighted by Gasteiger charge is -2.36. The summed E-state index contributed by atoms with van der Waals surface area (Å²) in [6, 6.07) is 27.0. The molecule has 4 amide bonds. The van der Waals surface area contributed by atoms with Crippen LogP contribution in [0.2, 0.25) is 0 Å². The molecule has 24 heteroatoms. The zero-order valence-corrected chi connectivity index (χ0v) is 48.0. The number of amides is 4. The van der Waals surface area contributed by atoms with Crippen molar-refractivity contribution in [2.75, 3.05) is 18.4 Å². The first-order chi connectivity index (χ1) is 42.3. The van der Waals surface area contributed by atoms with E-state index in [-0.39, 0.29) is 71.6 Å². The number of aryl methyl sites for hydroxylation is 2. The fourth-order valence-corrected chi connectivity index (χ4v) is 10.4. The second-order valence-corrected chi connectivity index (χ2v) is 21.3. The molecule has 0 saturated carbocycles. The van der Waals surface area contributed by atoms with E-state index in [1.54, 1.807) is 92.1 Å². The van der Waals surface area contributed by atoms with Crippen LogP contribution >= 0.6 is 12.2 Å². The first-order valence-corrected chi connectivity index (χ1v) is 28.2. The number of fused-ring (bicyclic) bond motifs is 8.